The first-order chi connectivity index (χ1) is 11.7. The molecule has 0 unspecified atom stereocenters. The van der Waals surface area contributed by atoms with Gasteiger partial charge in [-0.1, -0.05) is 23.7 Å². The van der Waals surface area contributed by atoms with E-state index in [4.69, 9.17) is 21.1 Å². The standard InChI is InChI=1S/C19H24ClNO4/c1-5-24-17(22)9-8-16-15-7-6-14(20)12-13(15)10-11-21(16)18(23)25-19(2,3)4/h6-9,12,16H,5,10-11H2,1-4H3/b9-8+/t16-/m1/s1. The Kier molecular flexibility index (Phi) is 6.11. The van der Waals surface area contributed by atoms with E-state index in [1.807, 2.05) is 32.9 Å². The summed E-state index contributed by atoms with van der Waals surface area (Å²) in [6, 6.07) is 5.16. The molecule has 1 aliphatic heterocycles. The SMILES string of the molecule is CCOC(=O)/C=C/[C@@H]1c2ccc(Cl)cc2CCN1C(=O)OC(C)(C)C. The highest BCUT2D eigenvalue weighted by Crippen LogP contribution is 2.33. The summed E-state index contributed by atoms with van der Waals surface area (Å²) in [6.07, 6.45) is 3.30. The van der Waals surface area contributed by atoms with Gasteiger partial charge in [-0.3, -0.25) is 4.90 Å². The van der Waals surface area contributed by atoms with Crippen molar-refractivity contribution < 1.29 is 19.1 Å². The Morgan fingerprint density at radius 3 is 2.72 bits per heavy atom. The molecular formula is C19H24ClNO4. The topological polar surface area (TPSA) is 55.8 Å². The van der Waals surface area contributed by atoms with Gasteiger partial charge in [0.25, 0.3) is 0 Å². The van der Waals surface area contributed by atoms with E-state index in [1.165, 1.54) is 6.08 Å². The highest BCUT2D eigenvalue weighted by molar-refractivity contribution is 6.30. The Balaban J connectivity index is 2.33. The molecule has 1 heterocycles. The van der Waals surface area contributed by atoms with Crippen molar-refractivity contribution >= 4 is 23.7 Å². The quantitative estimate of drug-likeness (QED) is 0.592. The van der Waals surface area contributed by atoms with Gasteiger partial charge in [0.15, 0.2) is 0 Å². The Morgan fingerprint density at radius 2 is 2.08 bits per heavy atom. The van der Waals surface area contributed by atoms with Gasteiger partial charge in [0.1, 0.15) is 5.60 Å². The number of carbonyl (C=O) groups excluding carboxylic acids is 2. The predicted molar refractivity (Wildman–Crippen MR) is 96.6 cm³/mol. The second kappa shape index (κ2) is 7.91. The maximum atomic E-state index is 12.6. The summed E-state index contributed by atoms with van der Waals surface area (Å²) in [5.41, 5.74) is 1.40. The van der Waals surface area contributed by atoms with Crippen molar-refractivity contribution in [2.45, 2.75) is 45.8 Å². The largest absolute Gasteiger partial charge is 0.463 e. The third-order valence-corrected chi connectivity index (χ3v) is 3.95. The van der Waals surface area contributed by atoms with Gasteiger partial charge in [-0.25, -0.2) is 9.59 Å². The van der Waals surface area contributed by atoms with Crippen LogP contribution in [-0.4, -0.2) is 35.7 Å². The smallest absolute Gasteiger partial charge is 0.411 e. The lowest BCUT2D eigenvalue weighted by molar-refractivity contribution is -0.137. The molecule has 0 aromatic heterocycles. The second-order valence-electron chi connectivity index (χ2n) is 6.82. The lowest BCUT2D eigenvalue weighted by Crippen LogP contribution is -2.42. The number of hydrogen-bond donors (Lipinski definition) is 0. The molecular weight excluding hydrogens is 342 g/mol. The number of benzene rings is 1. The fourth-order valence-electron chi connectivity index (χ4n) is 2.72. The van der Waals surface area contributed by atoms with Gasteiger partial charge in [0, 0.05) is 17.6 Å². The van der Waals surface area contributed by atoms with Crippen LogP contribution in [0.15, 0.2) is 30.4 Å². The van der Waals surface area contributed by atoms with E-state index in [9.17, 15) is 9.59 Å². The minimum atomic E-state index is -0.591. The van der Waals surface area contributed by atoms with E-state index < -0.39 is 23.7 Å². The number of fused-ring (bicyclic) bond motifs is 1. The second-order valence-corrected chi connectivity index (χ2v) is 7.26. The molecule has 0 saturated heterocycles. The molecule has 6 heteroatoms. The monoisotopic (exact) mass is 365 g/mol. The molecule has 0 saturated carbocycles. The fourth-order valence-corrected chi connectivity index (χ4v) is 2.91. The molecule has 0 radical (unpaired) electrons. The number of ether oxygens (including phenoxy) is 2. The van der Waals surface area contributed by atoms with Crippen molar-refractivity contribution in [1.29, 1.82) is 0 Å². The molecule has 0 aliphatic carbocycles. The molecule has 1 atom stereocenters. The summed E-state index contributed by atoms with van der Waals surface area (Å²) in [7, 11) is 0. The van der Waals surface area contributed by atoms with Crippen LogP contribution in [0, 0.1) is 0 Å². The van der Waals surface area contributed by atoms with E-state index in [0.29, 0.717) is 24.6 Å². The van der Waals surface area contributed by atoms with Gasteiger partial charge >= 0.3 is 12.1 Å². The highest BCUT2D eigenvalue weighted by Gasteiger charge is 2.32. The molecule has 2 rings (SSSR count). The van der Waals surface area contributed by atoms with E-state index >= 15 is 0 Å². The molecule has 0 spiro atoms. The minimum absolute atomic E-state index is 0.301. The number of nitrogens with zero attached hydrogens (tertiary/aromatic N) is 1. The first kappa shape index (κ1) is 19.3. The zero-order chi connectivity index (χ0) is 18.6. The number of carbonyl (C=O) groups is 2. The molecule has 25 heavy (non-hydrogen) atoms. The van der Waals surface area contributed by atoms with Crippen molar-refractivity contribution in [2.75, 3.05) is 13.2 Å². The van der Waals surface area contributed by atoms with Crippen molar-refractivity contribution in [3.05, 3.63) is 46.5 Å². The van der Waals surface area contributed by atoms with Crippen molar-refractivity contribution in [2.24, 2.45) is 0 Å². The third-order valence-electron chi connectivity index (χ3n) is 3.71. The molecule has 0 fully saturated rings. The van der Waals surface area contributed by atoms with Crippen molar-refractivity contribution in [3.8, 4) is 0 Å². The summed E-state index contributed by atoms with van der Waals surface area (Å²) in [5.74, 6) is -0.437. The molecule has 1 aromatic rings. The number of halogens is 1. The van der Waals surface area contributed by atoms with Gasteiger partial charge in [-0.2, -0.15) is 0 Å². The Bertz CT molecular complexity index is 678. The van der Waals surface area contributed by atoms with Gasteiger partial charge in [-0.05, 0) is 57.4 Å². The van der Waals surface area contributed by atoms with Crippen LogP contribution in [0.3, 0.4) is 0 Å². The van der Waals surface area contributed by atoms with Crippen LogP contribution in [0.5, 0.6) is 0 Å². The average Bonchev–Trinajstić information content (AvgIpc) is 2.50. The van der Waals surface area contributed by atoms with Crippen LogP contribution in [-0.2, 0) is 20.7 Å². The van der Waals surface area contributed by atoms with Crippen LogP contribution in [0.1, 0.15) is 44.9 Å². The number of rotatable bonds is 3. The molecule has 1 aromatic carbocycles. The Labute approximate surface area is 153 Å². The summed E-state index contributed by atoms with van der Waals surface area (Å²) < 4.78 is 10.4. The molecule has 0 bridgehead atoms. The molecule has 136 valence electrons. The average molecular weight is 366 g/mol. The summed E-state index contributed by atoms with van der Waals surface area (Å²) in [6.45, 7) is 8.01. The van der Waals surface area contributed by atoms with Crippen LogP contribution >= 0.6 is 11.6 Å². The predicted octanol–water partition coefficient (Wildman–Crippen LogP) is 4.29. The zero-order valence-electron chi connectivity index (χ0n) is 15.0. The maximum Gasteiger partial charge on any atom is 0.411 e. The van der Waals surface area contributed by atoms with Crippen LogP contribution in [0.25, 0.3) is 0 Å². The van der Waals surface area contributed by atoms with Gasteiger partial charge in [-0.15, -0.1) is 0 Å². The summed E-state index contributed by atoms with van der Waals surface area (Å²) in [4.78, 5) is 25.9. The summed E-state index contributed by atoms with van der Waals surface area (Å²) in [5, 5.41) is 0.651. The number of amides is 1. The Morgan fingerprint density at radius 1 is 1.36 bits per heavy atom. The lowest BCUT2D eigenvalue weighted by Gasteiger charge is -2.36. The molecule has 1 aliphatic rings. The molecule has 1 amide bonds. The Hall–Kier alpha value is -2.01. The summed E-state index contributed by atoms with van der Waals surface area (Å²) >= 11 is 6.08. The van der Waals surface area contributed by atoms with Crippen molar-refractivity contribution in [3.63, 3.8) is 0 Å². The van der Waals surface area contributed by atoms with Gasteiger partial charge in [0.2, 0.25) is 0 Å². The maximum absolute atomic E-state index is 12.6. The third kappa shape index (κ3) is 5.23. The van der Waals surface area contributed by atoms with Crippen molar-refractivity contribution in [1.82, 2.24) is 4.90 Å². The van der Waals surface area contributed by atoms with E-state index in [1.54, 1.807) is 24.0 Å². The fraction of sp³-hybridized carbons (Fsp3) is 0.474. The first-order valence-corrected chi connectivity index (χ1v) is 8.72. The van der Waals surface area contributed by atoms with E-state index in [0.717, 1.165) is 11.1 Å². The number of esters is 1. The number of hydrogen-bond acceptors (Lipinski definition) is 4. The van der Waals surface area contributed by atoms with Crippen LogP contribution in [0.4, 0.5) is 4.79 Å². The first-order valence-electron chi connectivity index (χ1n) is 8.34. The molecule has 0 N–H and O–H groups in total. The van der Waals surface area contributed by atoms with Gasteiger partial charge in [0.05, 0.1) is 12.6 Å². The van der Waals surface area contributed by atoms with Crippen LogP contribution < -0.4 is 0 Å². The van der Waals surface area contributed by atoms with Crippen LogP contribution in [0.2, 0.25) is 5.02 Å². The molecule has 5 nitrogen and oxygen atoms in total. The van der Waals surface area contributed by atoms with E-state index in [-0.39, 0.29) is 0 Å². The highest BCUT2D eigenvalue weighted by atomic mass is 35.5. The minimum Gasteiger partial charge on any atom is -0.463 e. The van der Waals surface area contributed by atoms with E-state index in [2.05, 4.69) is 0 Å². The zero-order valence-corrected chi connectivity index (χ0v) is 15.8. The normalized spacial score (nSPS) is 17.3. The lowest BCUT2D eigenvalue weighted by atomic mass is 9.92. The van der Waals surface area contributed by atoms with Gasteiger partial charge < -0.3 is 9.47 Å².